The summed E-state index contributed by atoms with van der Waals surface area (Å²) in [5.41, 5.74) is 1.12. The van der Waals surface area contributed by atoms with E-state index >= 15 is 0 Å². The molecule has 138 valence electrons. The first-order chi connectivity index (χ1) is 12.3. The Kier molecular flexibility index (Phi) is 6.42. The highest BCUT2D eigenvalue weighted by atomic mass is 16.5. The maximum absolute atomic E-state index is 6.10. The molecule has 0 aliphatic heterocycles. The number of rotatable bonds is 8. The normalized spacial score (nSPS) is 18.2. The van der Waals surface area contributed by atoms with E-state index in [2.05, 4.69) is 28.6 Å². The average molecular weight is 345 g/mol. The van der Waals surface area contributed by atoms with Crippen molar-refractivity contribution in [2.45, 2.75) is 58.1 Å². The Hall–Kier alpha value is -1.91. The number of hydrogen-bond acceptors (Lipinski definition) is 3. The molecule has 1 aromatic rings. The number of methoxy groups -OCH3 is 1. The lowest BCUT2D eigenvalue weighted by Gasteiger charge is -2.16. The van der Waals surface area contributed by atoms with Crippen molar-refractivity contribution in [2.75, 3.05) is 20.2 Å². The summed E-state index contributed by atoms with van der Waals surface area (Å²) in [6.45, 7) is 4.60. The Morgan fingerprint density at radius 2 is 1.92 bits per heavy atom. The number of nitrogens with one attached hydrogen (secondary N) is 2. The van der Waals surface area contributed by atoms with Crippen LogP contribution < -0.4 is 20.1 Å². The molecule has 0 saturated heterocycles. The number of aliphatic imine (C=N–C) groups is 1. The molecule has 2 aliphatic rings. The predicted molar refractivity (Wildman–Crippen MR) is 101 cm³/mol. The van der Waals surface area contributed by atoms with Gasteiger partial charge in [0, 0.05) is 13.1 Å². The number of ether oxygens (including phenoxy) is 2. The van der Waals surface area contributed by atoms with Crippen LogP contribution in [-0.2, 0) is 6.54 Å². The van der Waals surface area contributed by atoms with Crippen molar-refractivity contribution < 1.29 is 9.47 Å². The van der Waals surface area contributed by atoms with Gasteiger partial charge in [0.1, 0.15) is 0 Å². The second kappa shape index (κ2) is 8.97. The van der Waals surface area contributed by atoms with Crippen molar-refractivity contribution in [3.8, 4) is 11.5 Å². The Labute approximate surface area is 151 Å². The van der Waals surface area contributed by atoms with Gasteiger partial charge in [-0.2, -0.15) is 0 Å². The zero-order valence-electron chi connectivity index (χ0n) is 15.5. The molecule has 5 heteroatoms. The summed E-state index contributed by atoms with van der Waals surface area (Å²) in [4.78, 5) is 4.69. The smallest absolute Gasteiger partial charge is 0.191 e. The third-order valence-electron chi connectivity index (χ3n) is 4.84. The highest BCUT2D eigenvalue weighted by molar-refractivity contribution is 5.79. The molecular weight excluding hydrogens is 314 g/mol. The summed E-state index contributed by atoms with van der Waals surface area (Å²) >= 11 is 0. The van der Waals surface area contributed by atoms with Crippen LogP contribution in [0.3, 0.4) is 0 Å². The highest BCUT2D eigenvalue weighted by Crippen LogP contribution is 2.32. The van der Waals surface area contributed by atoms with E-state index in [1.165, 1.54) is 25.7 Å². The quantitative estimate of drug-likeness (QED) is 0.559. The summed E-state index contributed by atoms with van der Waals surface area (Å²) in [6, 6.07) is 6.14. The zero-order chi connectivity index (χ0) is 17.5. The fourth-order valence-corrected chi connectivity index (χ4v) is 3.17. The van der Waals surface area contributed by atoms with Gasteiger partial charge in [0.15, 0.2) is 17.5 Å². The lowest BCUT2D eigenvalue weighted by atomic mass is 10.2. The third kappa shape index (κ3) is 5.55. The summed E-state index contributed by atoms with van der Waals surface area (Å²) in [7, 11) is 1.70. The highest BCUT2D eigenvalue weighted by Gasteiger charge is 2.21. The minimum atomic E-state index is 0.338. The minimum absolute atomic E-state index is 0.338. The molecule has 0 aromatic heterocycles. The molecule has 2 aliphatic carbocycles. The molecule has 1 aromatic carbocycles. The molecule has 2 saturated carbocycles. The number of benzene rings is 1. The van der Waals surface area contributed by atoms with Gasteiger partial charge < -0.3 is 20.1 Å². The van der Waals surface area contributed by atoms with E-state index in [-0.39, 0.29) is 0 Å². The molecule has 2 fully saturated rings. The average Bonchev–Trinajstić information content (AvgIpc) is 3.33. The Morgan fingerprint density at radius 3 is 2.60 bits per heavy atom. The van der Waals surface area contributed by atoms with E-state index in [0.717, 1.165) is 54.9 Å². The van der Waals surface area contributed by atoms with Gasteiger partial charge in [0.2, 0.25) is 0 Å². The first-order valence-corrected chi connectivity index (χ1v) is 9.64. The van der Waals surface area contributed by atoms with E-state index in [9.17, 15) is 0 Å². The second-order valence-electron chi connectivity index (χ2n) is 7.03. The number of hydrogen-bond donors (Lipinski definition) is 2. The van der Waals surface area contributed by atoms with Crippen LogP contribution in [0, 0.1) is 5.92 Å². The lowest BCUT2D eigenvalue weighted by Crippen LogP contribution is -2.38. The fraction of sp³-hybridized carbons (Fsp3) is 0.650. The van der Waals surface area contributed by atoms with Crippen LogP contribution in [0.2, 0.25) is 0 Å². The van der Waals surface area contributed by atoms with Crippen molar-refractivity contribution in [3.05, 3.63) is 23.8 Å². The van der Waals surface area contributed by atoms with Gasteiger partial charge in [-0.3, -0.25) is 0 Å². The van der Waals surface area contributed by atoms with Crippen molar-refractivity contribution in [2.24, 2.45) is 10.9 Å². The molecule has 2 N–H and O–H groups in total. The summed E-state index contributed by atoms with van der Waals surface area (Å²) in [6.07, 6.45) is 7.84. The summed E-state index contributed by atoms with van der Waals surface area (Å²) in [5, 5.41) is 6.73. The third-order valence-corrected chi connectivity index (χ3v) is 4.84. The Balaban J connectivity index is 1.60. The molecule has 0 radical (unpaired) electrons. The van der Waals surface area contributed by atoms with Crippen molar-refractivity contribution in [3.63, 3.8) is 0 Å². The van der Waals surface area contributed by atoms with Gasteiger partial charge in [-0.05, 0) is 69.1 Å². The van der Waals surface area contributed by atoms with E-state index < -0.39 is 0 Å². The maximum atomic E-state index is 6.10. The van der Waals surface area contributed by atoms with Crippen LogP contribution in [0.25, 0.3) is 0 Å². The van der Waals surface area contributed by atoms with Gasteiger partial charge in [-0.15, -0.1) is 0 Å². The largest absolute Gasteiger partial charge is 0.493 e. The molecule has 3 rings (SSSR count). The van der Waals surface area contributed by atoms with Crippen LogP contribution >= 0.6 is 0 Å². The Morgan fingerprint density at radius 1 is 1.12 bits per heavy atom. The fourth-order valence-electron chi connectivity index (χ4n) is 3.17. The van der Waals surface area contributed by atoms with E-state index in [4.69, 9.17) is 9.47 Å². The SMILES string of the molecule is CCNC(=NCc1ccc(OC2CCCC2)c(OC)c1)NCC1CC1. The van der Waals surface area contributed by atoms with Crippen molar-refractivity contribution in [1.29, 1.82) is 0 Å². The standard InChI is InChI=1S/C20H31N3O2/c1-3-21-20(22-13-15-8-9-15)23-14-16-10-11-18(19(12-16)24-2)25-17-6-4-5-7-17/h10-12,15,17H,3-9,13-14H2,1-2H3,(H2,21,22,23). The van der Waals surface area contributed by atoms with E-state index in [0.29, 0.717) is 12.6 Å². The lowest BCUT2D eigenvalue weighted by molar-refractivity contribution is 0.200. The van der Waals surface area contributed by atoms with Gasteiger partial charge >= 0.3 is 0 Å². The number of guanidine groups is 1. The molecule has 5 nitrogen and oxygen atoms in total. The molecule has 0 bridgehead atoms. The molecule has 25 heavy (non-hydrogen) atoms. The van der Waals surface area contributed by atoms with Crippen LogP contribution in [-0.4, -0.2) is 32.3 Å². The van der Waals surface area contributed by atoms with E-state index in [1.807, 2.05) is 12.1 Å². The molecule has 0 atom stereocenters. The van der Waals surface area contributed by atoms with Gasteiger partial charge in [0.25, 0.3) is 0 Å². The summed E-state index contributed by atoms with van der Waals surface area (Å²) in [5.74, 6) is 3.37. The molecule has 0 unspecified atom stereocenters. The van der Waals surface area contributed by atoms with Crippen LogP contribution in [0.1, 0.15) is 51.0 Å². The van der Waals surface area contributed by atoms with Crippen LogP contribution in [0.4, 0.5) is 0 Å². The van der Waals surface area contributed by atoms with E-state index in [1.54, 1.807) is 7.11 Å². The maximum Gasteiger partial charge on any atom is 0.191 e. The van der Waals surface area contributed by atoms with Crippen LogP contribution in [0.15, 0.2) is 23.2 Å². The van der Waals surface area contributed by atoms with Crippen LogP contribution in [0.5, 0.6) is 11.5 Å². The topological polar surface area (TPSA) is 54.9 Å². The first kappa shape index (κ1) is 17.9. The van der Waals surface area contributed by atoms with Gasteiger partial charge in [-0.1, -0.05) is 6.07 Å². The van der Waals surface area contributed by atoms with Crippen molar-refractivity contribution >= 4 is 5.96 Å². The molecule has 0 spiro atoms. The second-order valence-corrected chi connectivity index (χ2v) is 7.03. The summed E-state index contributed by atoms with van der Waals surface area (Å²) < 4.78 is 11.6. The van der Waals surface area contributed by atoms with Gasteiger partial charge in [-0.25, -0.2) is 4.99 Å². The molecule has 0 heterocycles. The predicted octanol–water partition coefficient (Wildman–Crippen LogP) is 3.48. The number of nitrogens with zero attached hydrogens (tertiary/aromatic N) is 1. The zero-order valence-corrected chi connectivity index (χ0v) is 15.5. The first-order valence-electron chi connectivity index (χ1n) is 9.64. The molecule has 0 amide bonds. The monoisotopic (exact) mass is 345 g/mol. The van der Waals surface area contributed by atoms with Crippen molar-refractivity contribution in [1.82, 2.24) is 10.6 Å². The molecular formula is C20H31N3O2. The van der Waals surface area contributed by atoms with Gasteiger partial charge in [0.05, 0.1) is 19.8 Å². The minimum Gasteiger partial charge on any atom is -0.493 e. The Bertz CT molecular complexity index is 578.